The summed E-state index contributed by atoms with van der Waals surface area (Å²) in [6.45, 7) is 1.28. The van der Waals surface area contributed by atoms with Gasteiger partial charge in [-0.05, 0) is 43.5 Å². The van der Waals surface area contributed by atoms with E-state index in [4.69, 9.17) is 9.47 Å². The predicted molar refractivity (Wildman–Crippen MR) is 87.9 cm³/mol. The van der Waals surface area contributed by atoms with Crippen LogP contribution in [-0.2, 0) is 4.74 Å². The van der Waals surface area contributed by atoms with Crippen LogP contribution in [0.2, 0.25) is 0 Å². The Morgan fingerprint density at radius 1 is 1.33 bits per heavy atom. The third kappa shape index (κ3) is 3.01. The molecule has 4 heterocycles. The van der Waals surface area contributed by atoms with E-state index in [0.29, 0.717) is 12.3 Å². The van der Waals surface area contributed by atoms with Crippen LogP contribution in [0.5, 0.6) is 5.75 Å². The number of carbonyl (C=O) groups excluding carboxylic acids is 1. The maximum atomic E-state index is 12.6. The Hall–Kier alpha value is -2.34. The minimum Gasteiger partial charge on any atom is -0.489 e. The number of H-pyrrole nitrogens is 1. The number of hydrogen-bond acceptors (Lipinski definition) is 4. The molecule has 0 radical (unpaired) electrons. The number of nitrogens with one attached hydrogen (secondary N) is 1. The number of nitrogens with zero attached hydrogens (tertiary/aromatic N) is 2. The van der Waals surface area contributed by atoms with E-state index in [1.54, 1.807) is 18.6 Å². The Balaban J connectivity index is 1.33. The van der Waals surface area contributed by atoms with Gasteiger partial charge < -0.3 is 19.4 Å². The van der Waals surface area contributed by atoms with Crippen LogP contribution in [0.4, 0.5) is 0 Å². The zero-order chi connectivity index (χ0) is 16.4. The monoisotopic (exact) mass is 327 g/mol. The van der Waals surface area contributed by atoms with Crippen molar-refractivity contribution in [2.45, 2.75) is 37.5 Å². The highest BCUT2D eigenvalue weighted by molar-refractivity contribution is 5.92. The first-order valence-corrected chi connectivity index (χ1v) is 8.44. The molecule has 126 valence electrons. The van der Waals surface area contributed by atoms with Gasteiger partial charge in [0, 0.05) is 18.9 Å². The normalized spacial score (nSPS) is 26.2. The smallest absolute Gasteiger partial charge is 0.270 e. The van der Waals surface area contributed by atoms with E-state index >= 15 is 0 Å². The third-order valence-electron chi connectivity index (χ3n) is 4.80. The largest absolute Gasteiger partial charge is 0.489 e. The van der Waals surface area contributed by atoms with Crippen molar-refractivity contribution >= 4 is 5.91 Å². The van der Waals surface area contributed by atoms with Crippen molar-refractivity contribution in [3.63, 3.8) is 0 Å². The number of amides is 1. The van der Waals surface area contributed by atoms with E-state index in [0.717, 1.165) is 31.6 Å². The summed E-state index contributed by atoms with van der Waals surface area (Å²) in [7, 11) is 0. The Bertz CT molecular complexity index is 674. The van der Waals surface area contributed by atoms with Crippen molar-refractivity contribution in [1.82, 2.24) is 14.9 Å². The van der Waals surface area contributed by atoms with E-state index in [1.807, 2.05) is 29.2 Å². The predicted octanol–water partition coefficient (Wildman–Crippen LogP) is 2.25. The van der Waals surface area contributed by atoms with E-state index in [1.165, 1.54) is 0 Å². The van der Waals surface area contributed by atoms with Crippen molar-refractivity contribution in [1.29, 1.82) is 0 Å². The number of carbonyl (C=O) groups is 1. The molecular weight excluding hydrogens is 306 g/mol. The summed E-state index contributed by atoms with van der Waals surface area (Å²) < 4.78 is 11.9. The highest BCUT2D eigenvalue weighted by Crippen LogP contribution is 2.32. The number of hydrogen-bond donors (Lipinski definition) is 1. The number of aromatic amines is 1. The van der Waals surface area contributed by atoms with Gasteiger partial charge in [0.2, 0.25) is 0 Å². The molecule has 0 saturated carbocycles. The molecule has 0 aliphatic carbocycles. The fourth-order valence-electron chi connectivity index (χ4n) is 3.61. The van der Waals surface area contributed by atoms with Gasteiger partial charge in [-0.1, -0.05) is 0 Å². The minimum absolute atomic E-state index is 0.0705. The standard InChI is InChI=1S/C18H21N3O3/c22-18(15-4-2-9-20-15)21-10-7-17-16(21)6-5-14(24-17)12-23-13-3-1-8-19-11-13/h1-4,8-9,11,14,16-17,20H,5-7,10,12H2/t14-,16-,17-/m0/s1. The number of fused-ring (bicyclic) bond motifs is 1. The summed E-state index contributed by atoms with van der Waals surface area (Å²) >= 11 is 0. The molecule has 2 aliphatic rings. The van der Waals surface area contributed by atoms with Crippen molar-refractivity contribution in [2.24, 2.45) is 0 Å². The second kappa shape index (κ2) is 6.65. The molecule has 2 aliphatic heterocycles. The second-order valence-corrected chi connectivity index (χ2v) is 6.31. The quantitative estimate of drug-likeness (QED) is 0.935. The molecule has 2 fully saturated rings. The zero-order valence-corrected chi connectivity index (χ0v) is 13.4. The topological polar surface area (TPSA) is 67.5 Å². The average molecular weight is 327 g/mol. The van der Waals surface area contributed by atoms with Gasteiger partial charge in [0.15, 0.2) is 0 Å². The van der Waals surface area contributed by atoms with Gasteiger partial charge in [0.1, 0.15) is 18.1 Å². The number of pyridine rings is 1. The van der Waals surface area contributed by atoms with Gasteiger partial charge in [-0.25, -0.2) is 0 Å². The molecular formula is C18H21N3O3. The van der Waals surface area contributed by atoms with Crippen LogP contribution in [0.15, 0.2) is 42.9 Å². The van der Waals surface area contributed by atoms with Crippen LogP contribution in [0, 0.1) is 0 Å². The Labute approximate surface area is 140 Å². The summed E-state index contributed by atoms with van der Waals surface area (Å²) in [5, 5.41) is 0. The fourth-order valence-corrected chi connectivity index (χ4v) is 3.61. The number of likely N-dealkylation sites (tertiary alicyclic amines) is 1. The Morgan fingerprint density at radius 2 is 2.29 bits per heavy atom. The molecule has 0 aromatic carbocycles. The number of rotatable bonds is 4. The number of ether oxygens (including phenoxy) is 2. The highest BCUT2D eigenvalue weighted by atomic mass is 16.5. The molecule has 24 heavy (non-hydrogen) atoms. The molecule has 4 rings (SSSR count). The van der Waals surface area contributed by atoms with Crippen molar-refractivity contribution in [2.75, 3.05) is 13.2 Å². The molecule has 2 saturated heterocycles. The SMILES string of the molecule is O=C(c1ccc[nH]1)N1CC[C@@H]2O[C@H](COc3cccnc3)CC[C@@H]21. The summed E-state index contributed by atoms with van der Waals surface area (Å²) in [6.07, 6.45) is 8.14. The molecule has 0 bridgehead atoms. The van der Waals surface area contributed by atoms with Crippen LogP contribution < -0.4 is 4.74 Å². The molecule has 3 atom stereocenters. The molecule has 1 amide bonds. The van der Waals surface area contributed by atoms with E-state index in [9.17, 15) is 4.79 Å². The van der Waals surface area contributed by atoms with E-state index in [2.05, 4.69) is 9.97 Å². The van der Waals surface area contributed by atoms with Crippen molar-refractivity contribution in [3.05, 3.63) is 48.5 Å². The lowest BCUT2D eigenvalue weighted by atomic mass is 9.99. The molecule has 0 unspecified atom stereocenters. The van der Waals surface area contributed by atoms with Gasteiger partial charge in [0.25, 0.3) is 5.91 Å². The van der Waals surface area contributed by atoms with E-state index in [-0.39, 0.29) is 24.2 Å². The first-order chi connectivity index (χ1) is 11.8. The third-order valence-corrected chi connectivity index (χ3v) is 4.80. The molecule has 1 N–H and O–H groups in total. The van der Waals surface area contributed by atoms with Gasteiger partial charge in [0.05, 0.1) is 24.4 Å². The molecule has 2 aromatic rings. The maximum absolute atomic E-state index is 12.6. The first kappa shape index (κ1) is 15.2. The van der Waals surface area contributed by atoms with Crippen LogP contribution >= 0.6 is 0 Å². The van der Waals surface area contributed by atoms with Crippen LogP contribution in [0.1, 0.15) is 29.8 Å². The van der Waals surface area contributed by atoms with Gasteiger partial charge in [-0.3, -0.25) is 9.78 Å². The second-order valence-electron chi connectivity index (χ2n) is 6.31. The van der Waals surface area contributed by atoms with Crippen molar-refractivity contribution in [3.8, 4) is 5.75 Å². The Morgan fingerprint density at radius 3 is 3.08 bits per heavy atom. The lowest BCUT2D eigenvalue weighted by Gasteiger charge is -2.35. The molecule has 6 nitrogen and oxygen atoms in total. The first-order valence-electron chi connectivity index (χ1n) is 8.44. The summed E-state index contributed by atoms with van der Waals surface area (Å²) in [6, 6.07) is 7.60. The summed E-state index contributed by atoms with van der Waals surface area (Å²) in [5.74, 6) is 0.833. The summed E-state index contributed by atoms with van der Waals surface area (Å²) in [5.41, 5.74) is 0.651. The Kier molecular flexibility index (Phi) is 4.21. The molecule has 2 aromatic heterocycles. The van der Waals surface area contributed by atoms with Crippen LogP contribution in [-0.4, -0.2) is 52.2 Å². The minimum atomic E-state index is 0.0705. The molecule has 6 heteroatoms. The van der Waals surface area contributed by atoms with E-state index < -0.39 is 0 Å². The highest BCUT2D eigenvalue weighted by Gasteiger charge is 2.42. The lowest BCUT2D eigenvalue weighted by molar-refractivity contribution is -0.0802. The number of aromatic nitrogens is 2. The lowest BCUT2D eigenvalue weighted by Crippen LogP contribution is -2.46. The maximum Gasteiger partial charge on any atom is 0.270 e. The fraction of sp³-hybridized carbons (Fsp3) is 0.444. The average Bonchev–Trinajstić information content (AvgIpc) is 3.30. The zero-order valence-electron chi connectivity index (χ0n) is 13.4. The van der Waals surface area contributed by atoms with Crippen LogP contribution in [0.3, 0.4) is 0 Å². The van der Waals surface area contributed by atoms with Crippen molar-refractivity contribution < 1.29 is 14.3 Å². The van der Waals surface area contributed by atoms with Gasteiger partial charge in [-0.15, -0.1) is 0 Å². The van der Waals surface area contributed by atoms with Gasteiger partial charge >= 0.3 is 0 Å². The summed E-state index contributed by atoms with van der Waals surface area (Å²) in [4.78, 5) is 21.6. The molecule has 0 spiro atoms. The van der Waals surface area contributed by atoms with Gasteiger partial charge in [-0.2, -0.15) is 0 Å². The van der Waals surface area contributed by atoms with Crippen LogP contribution in [0.25, 0.3) is 0 Å².